The molecular formula is C29H35ClN2O5. The average Bonchev–Trinajstić information content (AvgIpc) is 2.90. The quantitative estimate of drug-likeness (QED) is 0.512. The van der Waals surface area contributed by atoms with Crippen LogP contribution in [-0.4, -0.2) is 53.7 Å². The number of carboxylic acid groups (broad SMARTS) is 1. The van der Waals surface area contributed by atoms with E-state index in [0.717, 1.165) is 56.4 Å². The Morgan fingerprint density at radius 1 is 1.00 bits per heavy atom. The molecule has 198 valence electrons. The summed E-state index contributed by atoms with van der Waals surface area (Å²) in [6.45, 7) is 2.32. The van der Waals surface area contributed by atoms with Gasteiger partial charge in [0.2, 0.25) is 5.91 Å². The Hall–Kier alpha value is -3.03. The number of amides is 1. The molecule has 0 radical (unpaired) electrons. The number of aliphatic hydroxyl groups is 1. The number of carbonyl (C=O) groups is 2. The number of rotatable bonds is 1. The number of nitrogens with zero attached hydrogens (tertiary/aromatic N) is 2. The van der Waals surface area contributed by atoms with Crippen molar-refractivity contribution < 1.29 is 24.5 Å². The van der Waals surface area contributed by atoms with Gasteiger partial charge in [0.25, 0.3) is 0 Å². The number of hydrogen-bond donors (Lipinski definition) is 2. The van der Waals surface area contributed by atoms with Crippen LogP contribution in [0.4, 0.5) is 5.69 Å². The number of aliphatic carboxylic acids is 1. The van der Waals surface area contributed by atoms with E-state index in [1.165, 1.54) is 10.5 Å². The number of halogens is 1. The number of ether oxygens (including phenoxy) is 1. The summed E-state index contributed by atoms with van der Waals surface area (Å²) < 4.78 is 6.30. The van der Waals surface area contributed by atoms with Crippen LogP contribution in [0.2, 0.25) is 5.02 Å². The molecule has 2 aliphatic heterocycles. The van der Waals surface area contributed by atoms with Crippen molar-refractivity contribution in [3.63, 3.8) is 0 Å². The Morgan fingerprint density at radius 2 is 1.78 bits per heavy atom. The number of aryl methyl sites for hydroxylation is 1. The van der Waals surface area contributed by atoms with E-state index in [1.807, 2.05) is 18.2 Å². The van der Waals surface area contributed by atoms with Crippen molar-refractivity contribution in [3.05, 3.63) is 70.3 Å². The Labute approximate surface area is 223 Å². The molecule has 2 heterocycles. The molecule has 0 aliphatic carbocycles. The van der Waals surface area contributed by atoms with Gasteiger partial charge in [0.15, 0.2) is 5.60 Å². The van der Waals surface area contributed by atoms with Gasteiger partial charge < -0.3 is 24.7 Å². The molecule has 0 fully saturated rings. The van der Waals surface area contributed by atoms with Crippen LogP contribution in [0.3, 0.4) is 0 Å². The van der Waals surface area contributed by atoms with Gasteiger partial charge in [0, 0.05) is 31.7 Å². The van der Waals surface area contributed by atoms with Crippen LogP contribution in [0.15, 0.2) is 48.6 Å². The van der Waals surface area contributed by atoms with Crippen LogP contribution >= 0.6 is 11.6 Å². The molecule has 37 heavy (non-hydrogen) atoms. The van der Waals surface area contributed by atoms with E-state index in [1.54, 1.807) is 25.2 Å². The molecule has 2 aromatic carbocycles. The van der Waals surface area contributed by atoms with Crippen molar-refractivity contribution in [1.82, 2.24) is 4.90 Å². The Morgan fingerprint density at radius 3 is 2.59 bits per heavy atom. The van der Waals surface area contributed by atoms with Crippen LogP contribution in [-0.2, 0) is 28.2 Å². The zero-order valence-corrected chi connectivity index (χ0v) is 22.0. The highest BCUT2D eigenvalue weighted by Gasteiger charge is 2.42. The average molecular weight is 527 g/mol. The lowest BCUT2D eigenvalue weighted by Crippen LogP contribution is -2.42. The molecule has 2 aromatic rings. The van der Waals surface area contributed by atoms with Crippen molar-refractivity contribution in [1.29, 1.82) is 0 Å². The minimum Gasteiger partial charge on any atom is -0.487 e. The number of benzene rings is 2. The lowest BCUT2D eigenvalue weighted by atomic mass is 9.89. The fourth-order valence-electron chi connectivity index (χ4n) is 4.92. The zero-order valence-electron chi connectivity index (χ0n) is 21.3. The van der Waals surface area contributed by atoms with E-state index >= 15 is 0 Å². The third kappa shape index (κ3) is 6.46. The summed E-state index contributed by atoms with van der Waals surface area (Å²) in [5, 5.41) is 22.1. The largest absolute Gasteiger partial charge is 0.487 e. The van der Waals surface area contributed by atoms with Crippen LogP contribution in [0.1, 0.15) is 55.2 Å². The lowest BCUT2D eigenvalue weighted by Gasteiger charge is -2.30. The highest BCUT2D eigenvalue weighted by atomic mass is 35.5. The van der Waals surface area contributed by atoms with Crippen molar-refractivity contribution in [2.45, 2.75) is 57.2 Å². The number of hydrogen-bond acceptors (Lipinski definition) is 5. The first-order valence-corrected chi connectivity index (χ1v) is 13.3. The monoisotopic (exact) mass is 526 g/mol. The standard InChI is InChI=1S/C29H35ClN2O5/c1-31-14-6-3-2-4-7-15-32-16-8-5-9-21-17-24(30)12-10-22(21)20-37-26-13-11-23(18-25(26)32)29(36,28(34)35)19-27(31)33/h2-3,10-13,17-18,36H,4-9,14-16,19-20H2,1H3,(H,34,35)/b3-2+/t29-/m0/s1. The number of carboxylic acids is 1. The lowest BCUT2D eigenvalue weighted by molar-refractivity contribution is -0.164. The van der Waals surface area contributed by atoms with Crippen LogP contribution in [0.5, 0.6) is 5.75 Å². The van der Waals surface area contributed by atoms with E-state index in [0.29, 0.717) is 30.3 Å². The third-order valence-corrected chi connectivity index (χ3v) is 7.47. The van der Waals surface area contributed by atoms with E-state index in [9.17, 15) is 19.8 Å². The van der Waals surface area contributed by atoms with E-state index in [-0.39, 0.29) is 5.56 Å². The first-order chi connectivity index (χ1) is 17.8. The smallest absolute Gasteiger partial charge is 0.340 e. The molecule has 4 rings (SSSR count). The molecule has 0 saturated heterocycles. The van der Waals surface area contributed by atoms with Crippen molar-refractivity contribution >= 4 is 29.2 Å². The van der Waals surface area contributed by atoms with Gasteiger partial charge in [-0.15, -0.1) is 0 Å². The van der Waals surface area contributed by atoms with Gasteiger partial charge in [0.05, 0.1) is 12.1 Å². The Kier molecular flexibility index (Phi) is 8.77. The fraction of sp³-hybridized carbons (Fsp3) is 0.448. The molecule has 2 N–H and O–H groups in total. The molecule has 0 unspecified atom stereocenters. The Balaban J connectivity index is 1.77. The maximum absolute atomic E-state index is 12.9. The molecule has 1 atom stereocenters. The van der Waals surface area contributed by atoms with Gasteiger partial charge in [-0.25, -0.2) is 4.79 Å². The number of anilines is 1. The minimum atomic E-state index is -2.35. The molecule has 2 aliphatic rings. The third-order valence-electron chi connectivity index (χ3n) is 7.24. The summed E-state index contributed by atoms with van der Waals surface area (Å²) in [6, 6.07) is 10.8. The first kappa shape index (κ1) is 27.0. The molecule has 0 spiro atoms. The van der Waals surface area contributed by atoms with Crippen molar-refractivity contribution in [2.75, 3.05) is 31.6 Å². The van der Waals surface area contributed by atoms with E-state index in [2.05, 4.69) is 17.1 Å². The van der Waals surface area contributed by atoms with Crippen LogP contribution < -0.4 is 9.64 Å². The molecule has 1 amide bonds. The second-order valence-corrected chi connectivity index (χ2v) is 10.3. The van der Waals surface area contributed by atoms with Gasteiger partial charge in [-0.2, -0.15) is 0 Å². The molecule has 0 aromatic heterocycles. The summed E-state index contributed by atoms with van der Waals surface area (Å²) in [7, 11) is 1.63. The Bertz CT molecular complexity index is 1170. The summed E-state index contributed by atoms with van der Waals surface area (Å²) in [5.74, 6) is -1.26. The number of fused-ring (bicyclic) bond motifs is 2. The molecule has 7 nitrogen and oxygen atoms in total. The SMILES string of the molecule is CN1CC/C=C/CCCN2CCCCc3cc(Cl)ccc3COc3ccc(cc32)[C@](O)(C(=O)O)CC1=O. The van der Waals surface area contributed by atoms with Crippen LogP contribution in [0.25, 0.3) is 0 Å². The topological polar surface area (TPSA) is 90.3 Å². The minimum absolute atomic E-state index is 0.171. The van der Waals surface area contributed by atoms with Crippen LogP contribution in [0, 0.1) is 0 Å². The van der Waals surface area contributed by atoms with Gasteiger partial charge in [-0.05, 0) is 79.5 Å². The van der Waals surface area contributed by atoms with Gasteiger partial charge in [0.1, 0.15) is 12.4 Å². The molecule has 0 saturated carbocycles. The van der Waals surface area contributed by atoms with E-state index in [4.69, 9.17) is 16.3 Å². The fourth-order valence-corrected chi connectivity index (χ4v) is 5.12. The molecular weight excluding hydrogens is 492 g/mol. The predicted octanol–water partition coefficient (Wildman–Crippen LogP) is 4.92. The normalized spacial score (nSPS) is 22.5. The van der Waals surface area contributed by atoms with Crippen molar-refractivity contribution in [3.8, 4) is 5.75 Å². The summed E-state index contributed by atoms with van der Waals surface area (Å²) in [6.07, 6.45) is 8.91. The number of carbonyl (C=O) groups excluding carboxylic acids is 1. The van der Waals surface area contributed by atoms with Gasteiger partial charge in [-0.1, -0.05) is 35.9 Å². The zero-order chi connectivity index (χ0) is 26.4. The summed E-state index contributed by atoms with van der Waals surface area (Å²) in [5.41, 5.74) is 0.782. The number of allylic oxidation sites excluding steroid dienone is 1. The summed E-state index contributed by atoms with van der Waals surface area (Å²) >= 11 is 6.26. The van der Waals surface area contributed by atoms with Gasteiger partial charge >= 0.3 is 5.97 Å². The second-order valence-electron chi connectivity index (χ2n) is 9.89. The maximum atomic E-state index is 12.9. The first-order valence-electron chi connectivity index (χ1n) is 12.9. The van der Waals surface area contributed by atoms with Gasteiger partial charge in [-0.3, -0.25) is 4.79 Å². The van der Waals surface area contributed by atoms with Crippen molar-refractivity contribution in [2.24, 2.45) is 0 Å². The van der Waals surface area contributed by atoms with E-state index < -0.39 is 23.9 Å². The predicted molar refractivity (Wildman–Crippen MR) is 144 cm³/mol. The molecule has 8 heteroatoms. The summed E-state index contributed by atoms with van der Waals surface area (Å²) in [4.78, 5) is 28.9. The maximum Gasteiger partial charge on any atom is 0.340 e. The highest BCUT2D eigenvalue weighted by molar-refractivity contribution is 6.30. The second kappa shape index (κ2) is 12.0. The molecule has 2 bridgehead atoms. The highest BCUT2D eigenvalue weighted by Crippen LogP contribution is 2.37.